The molecule has 0 radical (unpaired) electrons. The summed E-state index contributed by atoms with van der Waals surface area (Å²) in [6, 6.07) is 0. The molecular weight excluding hydrogens is 314 g/mol. The number of rotatable bonds is 6. The monoisotopic (exact) mass is 347 g/mol. The maximum atomic E-state index is 12.9. The van der Waals surface area contributed by atoms with Crippen LogP contribution < -0.4 is 4.72 Å². The number of hydrogen-bond acceptors (Lipinski definition) is 4. The van der Waals surface area contributed by atoms with E-state index >= 15 is 0 Å². The van der Waals surface area contributed by atoms with E-state index in [0.717, 1.165) is 31.9 Å². The molecular formula is C17H33NO4S. The maximum absolute atomic E-state index is 12.9. The van der Waals surface area contributed by atoms with Crippen LogP contribution in [-0.2, 0) is 19.6 Å². The first-order valence-electron chi connectivity index (χ1n) is 8.53. The highest BCUT2D eigenvalue weighted by Gasteiger charge is 2.48. The van der Waals surface area contributed by atoms with E-state index in [-0.39, 0.29) is 17.9 Å². The highest BCUT2D eigenvalue weighted by molar-refractivity contribution is 7.88. The molecule has 1 aliphatic carbocycles. The second-order valence-electron chi connectivity index (χ2n) is 8.20. The first-order valence-corrected chi connectivity index (χ1v) is 10.4. The summed E-state index contributed by atoms with van der Waals surface area (Å²) in [7, 11) is -3.34. The van der Waals surface area contributed by atoms with Crippen molar-refractivity contribution >= 4 is 16.0 Å². The van der Waals surface area contributed by atoms with Gasteiger partial charge in [0.15, 0.2) is 0 Å². The standard InChI is InChI=1S/C17H33NO4S/c1-7-16(5,13-18-23(6,20)21)14(19)22-17(15(2,3)4)11-9-8-10-12-17/h18H,7-13H2,1-6H3. The molecule has 0 saturated heterocycles. The van der Waals surface area contributed by atoms with Crippen LogP contribution in [0.4, 0.5) is 0 Å². The molecule has 1 saturated carbocycles. The van der Waals surface area contributed by atoms with Gasteiger partial charge in [-0.1, -0.05) is 34.1 Å². The molecule has 5 nitrogen and oxygen atoms in total. The Morgan fingerprint density at radius 2 is 1.65 bits per heavy atom. The van der Waals surface area contributed by atoms with Gasteiger partial charge in [-0.15, -0.1) is 0 Å². The van der Waals surface area contributed by atoms with Gasteiger partial charge < -0.3 is 4.74 Å². The third kappa shape index (κ3) is 5.18. The number of ether oxygens (including phenoxy) is 1. The molecule has 1 aliphatic rings. The van der Waals surface area contributed by atoms with Gasteiger partial charge in [-0.05, 0) is 39.0 Å². The Morgan fingerprint density at radius 1 is 1.13 bits per heavy atom. The predicted octanol–water partition coefficient (Wildman–Crippen LogP) is 3.24. The van der Waals surface area contributed by atoms with Crippen molar-refractivity contribution in [2.24, 2.45) is 10.8 Å². The minimum absolute atomic E-state index is 0.0708. The molecule has 1 rings (SSSR count). The number of carbonyl (C=O) groups is 1. The molecule has 6 heteroatoms. The van der Waals surface area contributed by atoms with E-state index in [4.69, 9.17) is 4.74 Å². The Morgan fingerprint density at radius 3 is 2.04 bits per heavy atom. The number of esters is 1. The zero-order chi connectivity index (χ0) is 17.9. The van der Waals surface area contributed by atoms with Gasteiger partial charge in [0.05, 0.1) is 11.7 Å². The summed E-state index contributed by atoms with van der Waals surface area (Å²) in [6.45, 7) is 10.1. The van der Waals surface area contributed by atoms with Crippen LogP contribution in [0.1, 0.15) is 73.1 Å². The summed E-state index contributed by atoms with van der Waals surface area (Å²) >= 11 is 0. The van der Waals surface area contributed by atoms with Crippen molar-refractivity contribution in [2.45, 2.75) is 78.7 Å². The van der Waals surface area contributed by atoms with Crippen LogP contribution in [0.3, 0.4) is 0 Å². The summed E-state index contributed by atoms with van der Waals surface area (Å²) in [5.74, 6) is -0.298. The summed E-state index contributed by atoms with van der Waals surface area (Å²) in [4.78, 5) is 12.9. The van der Waals surface area contributed by atoms with E-state index in [9.17, 15) is 13.2 Å². The molecule has 1 N–H and O–H groups in total. The van der Waals surface area contributed by atoms with Gasteiger partial charge in [-0.3, -0.25) is 4.79 Å². The van der Waals surface area contributed by atoms with Crippen molar-refractivity contribution in [3.05, 3.63) is 0 Å². The van der Waals surface area contributed by atoms with E-state index in [1.807, 2.05) is 6.92 Å². The molecule has 0 heterocycles. The lowest BCUT2D eigenvalue weighted by Gasteiger charge is -2.48. The van der Waals surface area contributed by atoms with E-state index in [1.54, 1.807) is 6.92 Å². The second kappa shape index (κ2) is 7.09. The van der Waals surface area contributed by atoms with Crippen LogP contribution in [0.25, 0.3) is 0 Å². The summed E-state index contributed by atoms with van der Waals surface area (Å²) < 4.78 is 31.3. The van der Waals surface area contributed by atoms with E-state index < -0.39 is 21.0 Å². The zero-order valence-electron chi connectivity index (χ0n) is 15.5. The molecule has 1 unspecified atom stereocenters. The topological polar surface area (TPSA) is 72.5 Å². The number of hydrogen-bond donors (Lipinski definition) is 1. The van der Waals surface area contributed by atoms with Crippen molar-refractivity contribution in [3.8, 4) is 0 Å². The minimum atomic E-state index is -3.34. The maximum Gasteiger partial charge on any atom is 0.313 e. The quantitative estimate of drug-likeness (QED) is 0.749. The molecule has 0 spiro atoms. The highest BCUT2D eigenvalue weighted by Crippen LogP contribution is 2.46. The summed E-state index contributed by atoms with van der Waals surface area (Å²) in [5.41, 5.74) is -1.44. The normalized spacial score (nSPS) is 21.5. The van der Waals surface area contributed by atoms with Crippen LogP contribution in [-0.4, -0.2) is 32.8 Å². The third-order valence-electron chi connectivity index (χ3n) is 5.31. The first kappa shape index (κ1) is 20.4. The highest BCUT2D eigenvalue weighted by atomic mass is 32.2. The Kier molecular flexibility index (Phi) is 6.30. The van der Waals surface area contributed by atoms with Crippen LogP contribution >= 0.6 is 0 Å². The lowest BCUT2D eigenvalue weighted by Crippen LogP contribution is -2.52. The molecule has 0 aromatic heterocycles. The third-order valence-corrected chi connectivity index (χ3v) is 5.98. The lowest BCUT2D eigenvalue weighted by molar-refractivity contribution is -0.190. The fourth-order valence-corrected chi connectivity index (χ4v) is 3.64. The summed E-state index contributed by atoms with van der Waals surface area (Å²) in [6.07, 6.45) is 6.68. The van der Waals surface area contributed by atoms with Crippen LogP contribution in [0.15, 0.2) is 0 Å². The van der Waals surface area contributed by atoms with Gasteiger partial charge in [-0.25, -0.2) is 13.1 Å². The van der Waals surface area contributed by atoms with Gasteiger partial charge in [0.2, 0.25) is 10.0 Å². The Hall–Kier alpha value is -0.620. The molecule has 23 heavy (non-hydrogen) atoms. The Labute approximate surface area is 141 Å². The average Bonchev–Trinajstić information content (AvgIpc) is 2.43. The van der Waals surface area contributed by atoms with E-state index in [2.05, 4.69) is 25.5 Å². The molecule has 136 valence electrons. The van der Waals surface area contributed by atoms with E-state index in [0.29, 0.717) is 6.42 Å². The van der Waals surface area contributed by atoms with Crippen molar-refractivity contribution in [3.63, 3.8) is 0 Å². The average molecular weight is 348 g/mol. The molecule has 1 atom stereocenters. The number of carbonyl (C=O) groups excluding carboxylic acids is 1. The van der Waals surface area contributed by atoms with Crippen molar-refractivity contribution in [1.29, 1.82) is 0 Å². The minimum Gasteiger partial charge on any atom is -0.458 e. The zero-order valence-corrected chi connectivity index (χ0v) is 16.3. The molecule has 0 aliphatic heterocycles. The molecule has 0 aromatic rings. The van der Waals surface area contributed by atoms with Crippen molar-refractivity contribution in [1.82, 2.24) is 4.72 Å². The smallest absolute Gasteiger partial charge is 0.313 e. The largest absolute Gasteiger partial charge is 0.458 e. The van der Waals surface area contributed by atoms with Gasteiger partial charge >= 0.3 is 5.97 Å². The Bertz CT molecular complexity index is 515. The van der Waals surface area contributed by atoms with Crippen molar-refractivity contribution in [2.75, 3.05) is 12.8 Å². The Balaban J connectivity index is 2.95. The van der Waals surface area contributed by atoms with Crippen LogP contribution in [0, 0.1) is 10.8 Å². The van der Waals surface area contributed by atoms with Gasteiger partial charge in [0.1, 0.15) is 5.60 Å². The van der Waals surface area contributed by atoms with Gasteiger partial charge in [-0.2, -0.15) is 0 Å². The fourth-order valence-electron chi connectivity index (χ4n) is 3.06. The fraction of sp³-hybridized carbons (Fsp3) is 0.941. The molecule has 0 bridgehead atoms. The van der Waals surface area contributed by atoms with Crippen LogP contribution in [0.5, 0.6) is 0 Å². The van der Waals surface area contributed by atoms with Gasteiger partial charge in [0.25, 0.3) is 0 Å². The molecule has 1 fully saturated rings. The summed E-state index contributed by atoms with van der Waals surface area (Å²) in [5, 5.41) is 0. The predicted molar refractivity (Wildman–Crippen MR) is 92.6 cm³/mol. The number of nitrogens with one attached hydrogen (secondary N) is 1. The van der Waals surface area contributed by atoms with E-state index in [1.165, 1.54) is 6.42 Å². The first-order chi connectivity index (χ1) is 10.4. The SMILES string of the molecule is CCC(C)(CNS(C)(=O)=O)C(=O)OC1(C(C)(C)C)CCCCC1. The molecule has 0 aromatic carbocycles. The van der Waals surface area contributed by atoms with Crippen LogP contribution in [0.2, 0.25) is 0 Å². The molecule has 0 amide bonds. The van der Waals surface area contributed by atoms with Gasteiger partial charge in [0, 0.05) is 12.0 Å². The van der Waals surface area contributed by atoms with Crippen molar-refractivity contribution < 1.29 is 17.9 Å². The lowest BCUT2D eigenvalue weighted by atomic mass is 9.68. The number of sulfonamides is 1. The second-order valence-corrected chi connectivity index (χ2v) is 10.0.